The molecule has 0 fully saturated rings. The van der Waals surface area contributed by atoms with Crippen LogP contribution in [0.3, 0.4) is 0 Å². The van der Waals surface area contributed by atoms with E-state index in [9.17, 15) is 0 Å². The van der Waals surface area contributed by atoms with Crippen molar-refractivity contribution < 1.29 is 4.42 Å². The Hall–Kier alpha value is -0.760. The van der Waals surface area contributed by atoms with E-state index in [-0.39, 0.29) is 0 Å². The van der Waals surface area contributed by atoms with E-state index in [4.69, 9.17) is 4.42 Å². The zero-order valence-electron chi connectivity index (χ0n) is 10.9. The average molecular weight is 223 g/mol. The summed E-state index contributed by atoms with van der Waals surface area (Å²) >= 11 is 0. The highest BCUT2D eigenvalue weighted by atomic mass is 16.3. The van der Waals surface area contributed by atoms with E-state index in [0.29, 0.717) is 6.04 Å². The minimum absolute atomic E-state index is 0.473. The van der Waals surface area contributed by atoms with Crippen LogP contribution in [0.15, 0.2) is 16.7 Å². The van der Waals surface area contributed by atoms with Crippen molar-refractivity contribution in [3.8, 4) is 0 Å². The van der Waals surface area contributed by atoms with E-state index in [1.54, 1.807) is 6.26 Å². The SMILES string of the molecule is CCCCCCC(NCC)c1ccoc1C. The van der Waals surface area contributed by atoms with Gasteiger partial charge in [-0.1, -0.05) is 39.5 Å². The first-order valence-corrected chi connectivity index (χ1v) is 6.57. The molecule has 0 saturated heterocycles. The van der Waals surface area contributed by atoms with Gasteiger partial charge < -0.3 is 9.73 Å². The molecular formula is C14H25NO. The van der Waals surface area contributed by atoms with Crippen LogP contribution in [0, 0.1) is 6.92 Å². The Morgan fingerprint density at radius 2 is 2.06 bits per heavy atom. The normalized spacial score (nSPS) is 12.9. The van der Waals surface area contributed by atoms with Crippen molar-refractivity contribution in [2.45, 2.75) is 58.9 Å². The van der Waals surface area contributed by atoms with Crippen LogP contribution in [-0.4, -0.2) is 6.54 Å². The molecule has 0 aromatic carbocycles. The summed E-state index contributed by atoms with van der Waals surface area (Å²) in [6.45, 7) is 7.48. The fourth-order valence-corrected chi connectivity index (χ4v) is 2.15. The van der Waals surface area contributed by atoms with Gasteiger partial charge in [0, 0.05) is 11.6 Å². The first-order valence-electron chi connectivity index (χ1n) is 6.57. The Labute approximate surface area is 99.4 Å². The van der Waals surface area contributed by atoms with E-state index in [1.807, 2.05) is 6.92 Å². The van der Waals surface area contributed by atoms with Gasteiger partial charge in [-0.25, -0.2) is 0 Å². The molecule has 1 rings (SSSR count). The Balaban J connectivity index is 2.45. The predicted octanol–water partition coefficient (Wildman–Crippen LogP) is 4.21. The number of hydrogen-bond donors (Lipinski definition) is 1. The molecule has 1 N–H and O–H groups in total. The van der Waals surface area contributed by atoms with Crippen LogP contribution in [0.1, 0.15) is 63.3 Å². The second-order valence-corrected chi connectivity index (χ2v) is 4.39. The highest BCUT2D eigenvalue weighted by Gasteiger charge is 2.13. The summed E-state index contributed by atoms with van der Waals surface area (Å²) in [6, 6.07) is 2.57. The first-order chi connectivity index (χ1) is 7.79. The Morgan fingerprint density at radius 1 is 1.25 bits per heavy atom. The summed E-state index contributed by atoms with van der Waals surface area (Å²) in [6.07, 6.45) is 8.31. The van der Waals surface area contributed by atoms with Crippen molar-refractivity contribution in [1.29, 1.82) is 0 Å². The third kappa shape index (κ3) is 4.01. The number of nitrogens with one attached hydrogen (secondary N) is 1. The second-order valence-electron chi connectivity index (χ2n) is 4.39. The molecular weight excluding hydrogens is 198 g/mol. The summed E-state index contributed by atoms with van der Waals surface area (Å²) in [5.74, 6) is 1.06. The van der Waals surface area contributed by atoms with E-state index >= 15 is 0 Å². The van der Waals surface area contributed by atoms with E-state index in [1.165, 1.54) is 37.7 Å². The molecule has 1 atom stereocenters. The topological polar surface area (TPSA) is 25.2 Å². The van der Waals surface area contributed by atoms with Crippen LogP contribution in [0.2, 0.25) is 0 Å². The van der Waals surface area contributed by atoms with Crippen molar-refractivity contribution >= 4 is 0 Å². The predicted molar refractivity (Wildman–Crippen MR) is 68.6 cm³/mol. The maximum absolute atomic E-state index is 5.38. The zero-order chi connectivity index (χ0) is 11.8. The van der Waals surface area contributed by atoms with E-state index in [0.717, 1.165) is 12.3 Å². The van der Waals surface area contributed by atoms with E-state index < -0.39 is 0 Å². The maximum Gasteiger partial charge on any atom is 0.105 e. The van der Waals surface area contributed by atoms with Gasteiger partial charge in [0.15, 0.2) is 0 Å². The smallest absolute Gasteiger partial charge is 0.105 e. The zero-order valence-corrected chi connectivity index (χ0v) is 10.9. The highest BCUT2D eigenvalue weighted by molar-refractivity contribution is 5.20. The summed E-state index contributed by atoms with van der Waals surface area (Å²) in [7, 11) is 0. The van der Waals surface area contributed by atoms with Gasteiger partial charge in [-0.2, -0.15) is 0 Å². The molecule has 2 nitrogen and oxygen atoms in total. The molecule has 16 heavy (non-hydrogen) atoms. The summed E-state index contributed by atoms with van der Waals surface area (Å²) in [4.78, 5) is 0. The average Bonchev–Trinajstić information content (AvgIpc) is 2.69. The van der Waals surface area contributed by atoms with Gasteiger partial charge in [-0.05, 0) is 26.0 Å². The quantitative estimate of drug-likeness (QED) is 0.668. The maximum atomic E-state index is 5.38. The highest BCUT2D eigenvalue weighted by Crippen LogP contribution is 2.23. The molecule has 0 radical (unpaired) electrons. The number of rotatable bonds is 8. The van der Waals surface area contributed by atoms with Gasteiger partial charge in [0.25, 0.3) is 0 Å². The lowest BCUT2D eigenvalue weighted by Gasteiger charge is -2.17. The van der Waals surface area contributed by atoms with Gasteiger partial charge in [0.05, 0.1) is 6.26 Å². The van der Waals surface area contributed by atoms with Gasteiger partial charge in [-0.3, -0.25) is 0 Å². The van der Waals surface area contributed by atoms with Gasteiger partial charge >= 0.3 is 0 Å². The van der Waals surface area contributed by atoms with Crippen LogP contribution in [0.4, 0.5) is 0 Å². The molecule has 0 saturated carbocycles. The molecule has 0 aliphatic heterocycles. The number of unbranched alkanes of at least 4 members (excludes halogenated alkanes) is 3. The summed E-state index contributed by atoms with van der Waals surface area (Å²) < 4.78 is 5.38. The molecule has 0 amide bonds. The summed E-state index contributed by atoms with van der Waals surface area (Å²) in [5.41, 5.74) is 1.33. The Morgan fingerprint density at radius 3 is 2.62 bits per heavy atom. The molecule has 1 aromatic rings. The minimum atomic E-state index is 0.473. The molecule has 1 heterocycles. The minimum Gasteiger partial charge on any atom is -0.469 e. The lowest BCUT2D eigenvalue weighted by atomic mass is 10.0. The standard InChI is InChI=1S/C14H25NO/c1-4-6-7-8-9-14(15-5-2)13-10-11-16-12(13)3/h10-11,14-15H,4-9H2,1-3H3. The molecule has 0 aliphatic rings. The molecule has 1 unspecified atom stereocenters. The number of aryl methyl sites for hydroxylation is 1. The fourth-order valence-electron chi connectivity index (χ4n) is 2.15. The Bertz CT molecular complexity index is 280. The molecule has 0 aliphatic carbocycles. The van der Waals surface area contributed by atoms with Crippen molar-refractivity contribution in [3.05, 3.63) is 23.7 Å². The van der Waals surface area contributed by atoms with Crippen molar-refractivity contribution in [2.75, 3.05) is 6.54 Å². The van der Waals surface area contributed by atoms with Gasteiger partial charge in [0.2, 0.25) is 0 Å². The van der Waals surface area contributed by atoms with Crippen molar-refractivity contribution in [1.82, 2.24) is 5.32 Å². The lowest BCUT2D eigenvalue weighted by molar-refractivity contribution is 0.465. The monoisotopic (exact) mass is 223 g/mol. The van der Waals surface area contributed by atoms with Crippen molar-refractivity contribution in [2.24, 2.45) is 0 Å². The lowest BCUT2D eigenvalue weighted by Crippen LogP contribution is -2.21. The molecule has 1 aromatic heterocycles. The number of hydrogen-bond acceptors (Lipinski definition) is 2. The van der Waals surface area contributed by atoms with Crippen LogP contribution >= 0.6 is 0 Å². The van der Waals surface area contributed by atoms with Crippen LogP contribution in [0.5, 0.6) is 0 Å². The van der Waals surface area contributed by atoms with Crippen LogP contribution in [-0.2, 0) is 0 Å². The third-order valence-electron chi connectivity index (χ3n) is 3.07. The second kappa shape index (κ2) is 7.50. The molecule has 0 bridgehead atoms. The third-order valence-corrected chi connectivity index (χ3v) is 3.07. The Kier molecular flexibility index (Phi) is 6.24. The molecule has 92 valence electrons. The van der Waals surface area contributed by atoms with Crippen LogP contribution in [0.25, 0.3) is 0 Å². The largest absolute Gasteiger partial charge is 0.469 e. The van der Waals surface area contributed by atoms with Gasteiger partial charge in [0.1, 0.15) is 5.76 Å². The first kappa shape index (κ1) is 13.3. The fraction of sp³-hybridized carbons (Fsp3) is 0.714. The van der Waals surface area contributed by atoms with Gasteiger partial charge in [-0.15, -0.1) is 0 Å². The van der Waals surface area contributed by atoms with E-state index in [2.05, 4.69) is 25.2 Å². The van der Waals surface area contributed by atoms with Crippen LogP contribution < -0.4 is 5.32 Å². The molecule has 0 spiro atoms. The number of furan rings is 1. The summed E-state index contributed by atoms with van der Waals surface area (Å²) in [5, 5.41) is 3.54. The molecule has 2 heteroatoms. The van der Waals surface area contributed by atoms with Crippen molar-refractivity contribution in [3.63, 3.8) is 0 Å².